The minimum atomic E-state index is 0.0713. The summed E-state index contributed by atoms with van der Waals surface area (Å²) in [5.74, 6) is 0.0713. The fourth-order valence-electron chi connectivity index (χ4n) is 2.13. The maximum Gasteiger partial charge on any atom is 0.234 e. The molecule has 1 heterocycles. The lowest BCUT2D eigenvalue weighted by Crippen LogP contribution is -2.35. The summed E-state index contributed by atoms with van der Waals surface area (Å²) in [4.78, 5) is 11.5. The molecule has 0 aliphatic rings. The second-order valence-electron chi connectivity index (χ2n) is 4.89. The van der Waals surface area contributed by atoms with Crippen LogP contribution in [0.3, 0.4) is 0 Å². The zero-order valence-corrected chi connectivity index (χ0v) is 11.5. The number of hydrogen-bond donors (Lipinski definition) is 1. The molecule has 4 heteroatoms. The minimum absolute atomic E-state index is 0.0713. The SMILES string of the molecule is CN(C)NC(=O)CCCCc1coc2ccccc12. The van der Waals surface area contributed by atoms with Gasteiger partial charge in [0.05, 0.1) is 6.26 Å². The van der Waals surface area contributed by atoms with Crippen molar-refractivity contribution < 1.29 is 9.21 Å². The molecule has 0 saturated heterocycles. The maximum absolute atomic E-state index is 11.5. The van der Waals surface area contributed by atoms with Crippen molar-refractivity contribution in [2.75, 3.05) is 14.1 Å². The van der Waals surface area contributed by atoms with E-state index in [2.05, 4.69) is 11.5 Å². The first-order chi connectivity index (χ1) is 9.16. The highest BCUT2D eigenvalue weighted by atomic mass is 16.3. The number of benzene rings is 1. The number of amides is 1. The van der Waals surface area contributed by atoms with Crippen molar-refractivity contribution >= 4 is 16.9 Å². The van der Waals surface area contributed by atoms with E-state index in [1.807, 2.05) is 38.6 Å². The van der Waals surface area contributed by atoms with Crippen LogP contribution in [0.5, 0.6) is 0 Å². The second kappa shape index (κ2) is 6.38. The monoisotopic (exact) mass is 260 g/mol. The number of nitrogens with one attached hydrogen (secondary N) is 1. The number of rotatable bonds is 6. The molecule has 1 N–H and O–H groups in total. The number of carbonyl (C=O) groups excluding carboxylic acids is 1. The highest BCUT2D eigenvalue weighted by Gasteiger charge is 2.06. The Labute approximate surface area is 113 Å². The minimum Gasteiger partial charge on any atom is -0.464 e. The van der Waals surface area contributed by atoms with E-state index in [1.54, 1.807) is 5.01 Å². The lowest BCUT2D eigenvalue weighted by atomic mass is 10.1. The van der Waals surface area contributed by atoms with Gasteiger partial charge in [0, 0.05) is 25.9 Å². The Hall–Kier alpha value is -1.81. The van der Waals surface area contributed by atoms with Gasteiger partial charge in [0.1, 0.15) is 5.58 Å². The number of unbranched alkanes of at least 4 members (excludes halogenated alkanes) is 1. The number of fused-ring (bicyclic) bond motifs is 1. The molecular formula is C15H20N2O2. The van der Waals surface area contributed by atoms with Crippen LogP contribution in [0.25, 0.3) is 11.0 Å². The van der Waals surface area contributed by atoms with E-state index < -0.39 is 0 Å². The quantitative estimate of drug-likeness (QED) is 0.641. The zero-order valence-electron chi connectivity index (χ0n) is 11.5. The molecule has 2 rings (SSSR count). The Kier molecular flexibility index (Phi) is 4.58. The molecule has 4 nitrogen and oxygen atoms in total. The number of furan rings is 1. The molecule has 0 aliphatic carbocycles. The van der Waals surface area contributed by atoms with Gasteiger partial charge >= 0.3 is 0 Å². The van der Waals surface area contributed by atoms with Gasteiger partial charge < -0.3 is 4.42 Å². The fraction of sp³-hybridized carbons (Fsp3) is 0.400. The molecular weight excluding hydrogens is 240 g/mol. The summed E-state index contributed by atoms with van der Waals surface area (Å²) in [6.07, 6.45) is 5.22. The summed E-state index contributed by atoms with van der Waals surface area (Å²) in [5.41, 5.74) is 4.90. The van der Waals surface area contributed by atoms with Crippen LogP contribution in [-0.2, 0) is 11.2 Å². The number of aryl methyl sites for hydroxylation is 1. The predicted molar refractivity (Wildman–Crippen MR) is 75.6 cm³/mol. The molecule has 19 heavy (non-hydrogen) atoms. The predicted octanol–water partition coefficient (Wildman–Crippen LogP) is 2.74. The van der Waals surface area contributed by atoms with E-state index in [0.717, 1.165) is 24.8 Å². The van der Waals surface area contributed by atoms with Gasteiger partial charge in [-0.15, -0.1) is 0 Å². The molecule has 0 radical (unpaired) electrons. The Morgan fingerprint density at radius 3 is 2.84 bits per heavy atom. The highest BCUT2D eigenvalue weighted by molar-refractivity contribution is 5.80. The average Bonchev–Trinajstić information content (AvgIpc) is 2.77. The fourth-order valence-corrected chi connectivity index (χ4v) is 2.13. The first-order valence-corrected chi connectivity index (χ1v) is 6.59. The van der Waals surface area contributed by atoms with Crippen molar-refractivity contribution in [1.82, 2.24) is 10.4 Å². The Morgan fingerprint density at radius 2 is 2.05 bits per heavy atom. The number of nitrogens with zero attached hydrogens (tertiary/aromatic N) is 1. The molecule has 1 aromatic carbocycles. The number of carbonyl (C=O) groups is 1. The molecule has 0 spiro atoms. The Balaban J connectivity index is 1.78. The van der Waals surface area contributed by atoms with Gasteiger partial charge in [-0.05, 0) is 30.9 Å². The third-order valence-corrected chi connectivity index (χ3v) is 3.01. The Bertz CT molecular complexity index is 546. The molecule has 1 amide bonds. The van der Waals surface area contributed by atoms with Gasteiger partial charge in [-0.25, -0.2) is 5.01 Å². The van der Waals surface area contributed by atoms with Gasteiger partial charge in [-0.2, -0.15) is 0 Å². The van der Waals surface area contributed by atoms with Crippen LogP contribution in [-0.4, -0.2) is 25.0 Å². The molecule has 102 valence electrons. The third-order valence-electron chi connectivity index (χ3n) is 3.01. The maximum atomic E-state index is 11.5. The molecule has 0 bridgehead atoms. The van der Waals surface area contributed by atoms with Crippen molar-refractivity contribution in [2.45, 2.75) is 25.7 Å². The lowest BCUT2D eigenvalue weighted by Gasteiger charge is -2.11. The average molecular weight is 260 g/mol. The molecule has 0 fully saturated rings. The van der Waals surface area contributed by atoms with Crippen LogP contribution < -0.4 is 5.43 Å². The molecule has 2 aromatic rings. The Morgan fingerprint density at radius 1 is 1.26 bits per heavy atom. The molecule has 0 aliphatic heterocycles. The molecule has 1 aromatic heterocycles. The van der Waals surface area contributed by atoms with E-state index in [1.165, 1.54) is 10.9 Å². The van der Waals surface area contributed by atoms with Crippen LogP contribution in [0.1, 0.15) is 24.8 Å². The van der Waals surface area contributed by atoms with E-state index in [0.29, 0.717) is 6.42 Å². The summed E-state index contributed by atoms with van der Waals surface area (Å²) in [6.45, 7) is 0. The zero-order chi connectivity index (χ0) is 13.7. The second-order valence-corrected chi connectivity index (χ2v) is 4.89. The smallest absolute Gasteiger partial charge is 0.234 e. The van der Waals surface area contributed by atoms with Crippen molar-refractivity contribution in [2.24, 2.45) is 0 Å². The summed E-state index contributed by atoms with van der Waals surface area (Å²) in [6, 6.07) is 8.05. The van der Waals surface area contributed by atoms with Crippen molar-refractivity contribution in [3.05, 3.63) is 36.1 Å². The van der Waals surface area contributed by atoms with Crippen LogP contribution in [0.4, 0.5) is 0 Å². The lowest BCUT2D eigenvalue weighted by molar-refractivity contribution is -0.124. The largest absolute Gasteiger partial charge is 0.464 e. The first kappa shape index (κ1) is 13.6. The van der Waals surface area contributed by atoms with Gasteiger partial charge in [0.15, 0.2) is 0 Å². The van der Waals surface area contributed by atoms with Gasteiger partial charge in [-0.1, -0.05) is 18.2 Å². The van der Waals surface area contributed by atoms with Crippen molar-refractivity contribution in [1.29, 1.82) is 0 Å². The van der Waals surface area contributed by atoms with E-state index in [9.17, 15) is 4.79 Å². The summed E-state index contributed by atoms with van der Waals surface area (Å²) < 4.78 is 5.49. The van der Waals surface area contributed by atoms with Gasteiger partial charge in [0.25, 0.3) is 0 Å². The first-order valence-electron chi connectivity index (χ1n) is 6.59. The third kappa shape index (κ3) is 3.83. The molecule has 0 saturated carbocycles. The number of para-hydroxylation sites is 1. The molecule has 0 atom stereocenters. The van der Waals surface area contributed by atoms with Crippen molar-refractivity contribution in [3.63, 3.8) is 0 Å². The van der Waals surface area contributed by atoms with E-state index in [4.69, 9.17) is 4.42 Å². The van der Waals surface area contributed by atoms with Crippen LogP contribution in [0.15, 0.2) is 34.9 Å². The van der Waals surface area contributed by atoms with Crippen LogP contribution >= 0.6 is 0 Å². The standard InChI is InChI=1S/C15H20N2O2/c1-17(2)16-15(18)10-6-3-7-12-11-19-14-9-5-4-8-13(12)14/h4-5,8-9,11H,3,6-7,10H2,1-2H3,(H,16,18). The highest BCUT2D eigenvalue weighted by Crippen LogP contribution is 2.22. The number of hydrogen-bond acceptors (Lipinski definition) is 3. The summed E-state index contributed by atoms with van der Waals surface area (Å²) in [5, 5.41) is 2.85. The van der Waals surface area contributed by atoms with E-state index >= 15 is 0 Å². The van der Waals surface area contributed by atoms with Gasteiger partial charge in [-0.3, -0.25) is 10.2 Å². The normalized spacial score (nSPS) is 11.1. The number of hydrazine groups is 1. The van der Waals surface area contributed by atoms with Crippen LogP contribution in [0.2, 0.25) is 0 Å². The van der Waals surface area contributed by atoms with Crippen LogP contribution in [0, 0.1) is 0 Å². The van der Waals surface area contributed by atoms with Crippen molar-refractivity contribution in [3.8, 4) is 0 Å². The topological polar surface area (TPSA) is 45.5 Å². The van der Waals surface area contributed by atoms with Gasteiger partial charge in [0.2, 0.25) is 5.91 Å². The molecule has 0 unspecified atom stereocenters. The van der Waals surface area contributed by atoms with E-state index in [-0.39, 0.29) is 5.91 Å². The summed E-state index contributed by atoms with van der Waals surface area (Å²) >= 11 is 0. The summed E-state index contributed by atoms with van der Waals surface area (Å²) in [7, 11) is 3.63.